The molecule has 2 rings (SSSR count). The predicted octanol–water partition coefficient (Wildman–Crippen LogP) is 1.79. The highest BCUT2D eigenvalue weighted by Crippen LogP contribution is 2.10. The molecule has 1 heterocycles. The van der Waals surface area contributed by atoms with Gasteiger partial charge in [0, 0.05) is 5.69 Å². The van der Waals surface area contributed by atoms with E-state index in [2.05, 4.69) is 5.32 Å². The summed E-state index contributed by atoms with van der Waals surface area (Å²) in [7, 11) is 0. The van der Waals surface area contributed by atoms with Crippen LogP contribution in [0.5, 0.6) is 0 Å². The fourth-order valence-electron chi connectivity index (χ4n) is 1.38. The molecule has 0 saturated carbocycles. The lowest BCUT2D eigenvalue weighted by atomic mass is 10.1. The van der Waals surface area contributed by atoms with Gasteiger partial charge in [0.2, 0.25) is 0 Å². The number of carbonyl (C=O) groups is 1. The van der Waals surface area contributed by atoms with E-state index in [9.17, 15) is 4.79 Å². The van der Waals surface area contributed by atoms with Crippen LogP contribution in [0.1, 0.15) is 16.1 Å². The largest absolute Gasteiger partial charge is 0.467 e. The molecule has 1 aromatic heterocycles. The molecule has 0 aliphatic heterocycles. The zero-order valence-electron chi connectivity index (χ0n) is 8.64. The van der Waals surface area contributed by atoms with Crippen molar-refractivity contribution in [1.82, 2.24) is 5.32 Å². The number of para-hydroxylation sites is 1. The summed E-state index contributed by atoms with van der Waals surface area (Å²) in [5.74, 6) is 0.511. The van der Waals surface area contributed by atoms with Crippen molar-refractivity contribution in [3.8, 4) is 0 Å². The summed E-state index contributed by atoms with van der Waals surface area (Å²) >= 11 is 0. The SMILES string of the molecule is Nc1ccccc1C(=O)NCc1ccco1. The van der Waals surface area contributed by atoms with E-state index < -0.39 is 0 Å². The first-order valence-corrected chi connectivity index (χ1v) is 4.92. The fourth-order valence-corrected chi connectivity index (χ4v) is 1.38. The number of rotatable bonds is 3. The lowest BCUT2D eigenvalue weighted by Crippen LogP contribution is -2.23. The minimum absolute atomic E-state index is 0.200. The zero-order chi connectivity index (χ0) is 11.4. The molecule has 0 spiro atoms. The van der Waals surface area contributed by atoms with Gasteiger partial charge in [0.1, 0.15) is 5.76 Å². The Bertz CT molecular complexity index is 478. The molecule has 4 heteroatoms. The first-order valence-electron chi connectivity index (χ1n) is 4.92. The Balaban J connectivity index is 2.01. The van der Waals surface area contributed by atoms with E-state index in [-0.39, 0.29) is 5.91 Å². The van der Waals surface area contributed by atoms with E-state index in [0.717, 1.165) is 0 Å². The Morgan fingerprint density at radius 1 is 1.25 bits per heavy atom. The van der Waals surface area contributed by atoms with Crippen LogP contribution in [0.2, 0.25) is 0 Å². The summed E-state index contributed by atoms with van der Waals surface area (Å²) in [6.07, 6.45) is 1.57. The smallest absolute Gasteiger partial charge is 0.253 e. The Morgan fingerprint density at radius 2 is 2.06 bits per heavy atom. The maximum Gasteiger partial charge on any atom is 0.253 e. The standard InChI is InChI=1S/C12H12N2O2/c13-11-6-2-1-5-10(11)12(15)14-8-9-4-3-7-16-9/h1-7H,8,13H2,(H,14,15). The molecular weight excluding hydrogens is 204 g/mol. The Kier molecular flexibility index (Phi) is 2.91. The molecule has 0 radical (unpaired) electrons. The number of hydrogen-bond acceptors (Lipinski definition) is 3. The van der Waals surface area contributed by atoms with Crippen LogP contribution < -0.4 is 11.1 Å². The monoisotopic (exact) mass is 216 g/mol. The quantitative estimate of drug-likeness (QED) is 0.768. The van der Waals surface area contributed by atoms with E-state index >= 15 is 0 Å². The number of furan rings is 1. The summed E-state index contributed by atoms with van der Waals surface area (Å²) < 4.78 is 5.10. The van der Waals surface area contributed by atoms with Gasteiger partial charge < -0.3 is 15.5 Å². The average molecular weight is 216 g/mol. The summed E-state index contributed by atoms with van der Waals surface area (Å²) in [5.41, 5.74) is 6.64. The van der Waals surface area contributed by atoms with Gasteiger partial charge in [0.15, 0.2) is 0 Å². The van der Waals surface area contributed by atoms with Gasteiger partial charge in [-0.25, -0.2) is 0 Å². The zero-order valence-corrected chi connectivity index (χ0v) is 8.64. The van der Waals surface area contributed by atoms with E-state index in [1.807, 2.05) is 0 Å². The van der Waals surface area contributed by atoms with Gasteiger partial charge >= 0.3 is 0 Å². The van der Waals surface area contributed by atoms with Crippen molar-refractivity contribution in [2.75, 3.05) is 5.73 Å². The number of amides is 1. The number of nitrogens with two attached hydrogens (primary N) is 1. The Labute approximate surface area is 93.1 Å². The second-order valence-corrected chi connectivity index (χ2v) is 3.35. The topological polar surface area (TPSA) is 68.3 Å². The lowest BCUT2D eigenvalue weighted by Gasteiger charge is -2.05. The number of nitrogens with one attached hydrogen (secondary N) is 1. The maximum atomic E-state index is 11.7. The molecule has 2 aromatic rings. The van der Waals surface area contributed by atoms with Gasteiger partial charge in [0.05, 0.1) is 18.4 Å². The second kappa shape index (κ2) is 4.53. The molecule has 0 fully saturated rings. The first-order chi connectivity index (χ1) is 7.77. The third-order valence-electron chi connectivity index (χ3n) is 2.21. The molecule has 1 aromatic carbocycles. The van der Waals surface area contributed by atoms with Crippen molar-refractivity contribution in [3.05, 3.63) is 54.0 Å². The van der Waals surface area contributed by atoms with Crippen molar-refractivity contribution >= 4 is 11.6 Å². The van der Waals surface area contributed by atoms with Crippen molar-refractivity contribution in [2.24, 2.45) is 0 Å². The van der Waals surface area contributed by atoms with Crippen molar-refractivity contribution in [3.63, 3.8) is 0 Å². The Morgan fingerprint density at radius 3 is 2.75 bits per heavy atom. The van der Waals surface area contributed by atoms with Gasteiger partial charge in [-0.15, -0.1) is 0 Å². The fraction of sp³-hybridized carbons (Fsp3) is 0.0833. The molecule has 3 N–H and O–H groups in total. The second-order valence-electron chi connectivity index (χ2n) is 3.35. The summed E-state index contributed by atoms with van der Waals surface area (Å²) in [6.45, 7) is 0.361. The Hall–Kier alpha value is -2.23. The highest BCUT2D eigenvalue weighted by molar-refractivity contribution is 5.98. The number of hydrogen-bond donors (Lipinski definition) is 2. The summed E-state index contributed by atoms with van der Waals surface area (Å²) in [5, 5.41) is 2.73. The summed E-state index contributed by atoms with van der Waals surface area (Å²) in [4.78, 5) is 11.7. The maximum absolute atomic E-state index is 11.7. The van der Waals surface area contributed by atoms with Gasteiger partial charge in [-0.3, -0.25) is 4.79 Å². The molecule has 16 heavy (non-hydrogen) atoms. The van der Waals surface area contributed by atoms with Crippen LogP contribution in [0.3, 0.4) is 0 Å². The number of anilines is 1. The predicted molar refractivity (Wildman–Crippen MR) is 60.7 cm³/mol. The number of nitrogen functional groups attached to an aromatic ring is 1. The molecule has 0 unspecified atom stereocenters. The van der Waals surface area contributed by atoms with Crippen LogP contribution in [0.15, 0.2) is 47.1 Å². The normalized spacial score (nSPS) is 10.0. The van der Waals surface area contributed by atoms with Crippen molar-refractivity contribution in [2.45, 2.75) is 6.54 Å². The molecule has 0 aliphatic rings. The third-order valence-corrected chi connectivity index (χ3v) is 2.21. The van der Waals surface area contributed by atoms with Crippen LogP contribution in [0, 0.1) is 0 Å². The molecular formula is C12H12N2O2. The highest BCUT2D eigenvalue weighted by atomic mass is 16.3. The lowest BCUT2D eigenvalue weighted by molar-refractivity contribution is 0.0949. The molecule has 0 bridgehead atoms. The average Bonchev–Trinajstić information content (AvgIpc) is 2.79. The van der Waals surface area contributed by atoms with Crippen LogP contribution >= 0.6 is 0 Å². The third kappa shape index (κ3) is 2.23. The van der Waals surface area contributed by atoms with E-state index in [1.54, 1.807) is 42.7 Å². The van der Waals surface area contributed by atoms with E-state index in [1.165, 1.54) is 0 Å². The minimum atomic E-state index is -0.200. The van der Waals surface area contributed by atoms with E-state index in [0.29, 0.717) is 23.6 Å². The van der Waals surface area contributed by atoms with Gasteiger partial charge in [-0.1, -0.05) is 12.1 Å². The highest BCUT2D eigenvalue weighted by Gasteiger charge is 2.08. The number of benzene rings is 1. The molecule has 4 nitrogen and oxygen atoms in total. The van der Waals surface area contributed by atoms with Crippen LogP contribution in [-0.2, 0) is 6.54 Å². The van der Waals surface area contributed by atoms with Gasteiger partial charge in [-0.2, -0.15) is 0 Å². The van der Waals surface area contributed by atoms with Gasteiger partial charge in [0.25, 0.3) is 5.91 Å². The van der Waals surface area contributed by atoms with Gasteiger partial charge in [-0.05, 0) is 24.3 Å². The van der Waals surface area contributed by atoms with Crippen LogP contribution in [-0.4, -0.2) is 5.91 Å². The minimum Gasteiger partial charge on any atom is -0.467 e. The molecule has 82 valence electrons. The first kappa shape index (κ1) is 10.3. The molecule has 0 aliphatic carbocycles. The van der Waals surface area contributed by atoms with Crippen LogP contribution in [0.25, 0.3) is 0 Å². The molecule has 0 atom stereocenters. The molecule has 1 amide bonds. The van der Waals surface area contributed by atoms with E-state index in [4.69, 9.17) is 10.2 Å². The summed E-state index contributed by atoms with van der Waals surface area (Å²) in [6, 6.07) is 10.5. The molecule has 0 saturated heterocycles. The van der Waals surface area contributed by atoms with Crippen molar-refractivity contribution < 1.29 is 9.21 Å². The van der Waals surface area contributed by atoms with Crippen LogP contribution in [0.4, 0.5) is 5.69 Å². The van der Waals surface area contributed by atoms with Crippen molar-refractivity contribution in [1.29, 1.82) is 0 Å². The number of carbonyl (C=O) groups excluding carboxylic acids is 1.